The number of ether oxygens (including phenoxy) is 1. The van der Waals surface area contributed by atoms with Gasteiger partial charge in [-0.3, -0.25) is 4.79 Å². The molecule has 9 nitrogen and oxygen atoms in total. The number of hydrogen-bond donors (Lipinski definition) is 3. The molecular formula is C28H30BN5O4S. The standard InChI is InChI=1S/C28H30BN5O4S/c1-18-14-20(9-10-23(18)38-21-7-4-6-19(15-21)29(36)37)32-27-26-22-11-13-34(25(35)8-5-12-33(2)3)16-24(22)39-28(26)31-17-30-27/h4-10,14-15,17,36-37H,11-13,16H2,1-3H3,(H,30,31,32)/b8-5+. The minimum atomic E-state index is -1.55. The summed E-state index contributed by atoms with van der Waals surface area (Å²) < 4.78 is 5.99. The van der Waals surface area contributed by atoms with E-state index in [-0.39, 0.29) is 5.91 Å². The number of rotatable bonds is 8. The van der Waals surface area contributed by atoms with Crippen molar-refractivity contribution in [3.8, 4) is 11.5 Å². The lowest BCUT2D eigenvalue weighted by Crippen LogP contribution is -2.34. The van der Waals surface area contributed by atoms with Crippen LogP contribution in [0.25, 0.3) is 10.2 Å². The van der Waals surface area contributed by atoms with Gasteiger partial charge in [0.05, 0.1) is 11.9 Å². The molecule has 0 fully saturated rings. The first kappa shape index (κ1) is 26.8. The van der Waals surface area contributed by atoms with Crippen LogP contribution in [0.15, 0.2) is 60.9 Å². The van der Waals surface area contributed by atoms with E-state index in [4.69, 9.17) is 4.74 Å². The quantitative estimate of drug-likeness (QED) is 0.230. The number of hydrogen-bond acceptors (Lipinski definition) is 9. The third kappa shape index (κ3) is 6.12. The van der Waals surface area contributed by atoms with Crippen LogP contribution in [0.2, 0.25) is 0 Å². The molecule has 4 aromatic rings. The molecule has 2 aromatic heterocycles. The zero-order chi connectivity index (χ0) is 27.5. The SMILES string of the molecule is Cc1cc(Nc2ncnc3sc4c(c23)CCN(C(=O)/C=C/CN(C)C)C4)ccc1Oc1cccc(B(O)O)c1. The summed E-state index contributed by atoms with van der Waals surface area (Å²) in [4.78, 5) is 27.7. The average Bonchev–Trinajstić information content (AvgIpc) is 3.29. The van der Waals surface area contributed by atoms with Gasteiger partial charge in [0.2, 0.25) is 5.91 Å². The van der Waals surface area contributed by atoms with Gasteiger partial charge in [0.1, 0.15) is 28.5 Å². The fourth-order valence-corrected chi connectivity index (χ4v) is 5.73. The first-order valence-corrected chi connectivity index (χ1v) is 13.5. The molecule has 0 radical (unpaired) electrons. The summed E-state index contributed by atoms with van der Waals surface area (Å²) in [5, 5.41) is 23.3. The monoisotopic (exact) mass is 543 g/mol. The zero-order valence-corrected chi connectivity index (χ0v) is 22.9. The first-order chi connectivity index (χ1) is 18.8. The van der Waals surface area contributed by atoms with Crippen molar-refractivity contribution in [3.63, 3.8) is 0 Å². The van der Waals surface area contributed by atoms with Crippen LogP contribution in [0.5, 0.6) is 11.5 Å². The number of carbonyl (C=O) groups excluding carboxylic acids is 1. The van der Waals surface area contributed by atoms with Gasteiger partial charge in [-0.1, -0.05) is 18.2 Å². The Morgan fingerprint density at radius 3 is 2.85 bits per heavy atom. The Hall–Kier alpha value is -3.77. The van der Waals surface area contributed by atoms with Gasteiger partial charge in [0.25, 0.3) is 0 Å². The molecule has 0 aliphatic carbocycles. The lowest BCUT2D eigenvalue weighted by molar-refractivity contribution is -0.126. The van der Waals surface area contributed by atoms with Crippen LogP contribution in [-0.4, -0.2) is 70.0 Å². The molecule has 200 valence electrons. The lowest BCUT2D eigenvalue weighted by Gasteiger charge is -2.26. The van der Waals surface area contributed by atoms with Crippen LogP contribution in [-0.2, 0) is 17.8 Å². The molecule has 3 N–H and O–H groups in total. The highest BCUT2D eigenvalue weighted by molar-refractivity contribution is 7.19. The van der Waals surface area contributed by atoms with Gasteiger partial charge in [-0.05, 0) is 74.4 Å². The molecule has 0 saturated carbocycles. The predicted molar refractivity (Wildman–Crippen MR) is 155 cm³/mol. The van der Waals surface area contributed by atoms with Crippen molar-refractivity contribution in [3.05, 3.63) is 76.9 Å². The largest absolute Gasteiger partial charge is 0.488 e. The van der Waals surface area contributed by atoms with Crippen LogP contribution in [0.3, 0.4) is 0 Å². The number of thiophene rings is 1. The van der Waals surface area contributed by atoms with Gasteiger partial charge >= 0.3 is 7.12 Å². The first-order valence-electron chi connectivity index (χ1n) is 12.7. The molecule has 39 heavy (non-hydrogen) atoms. The summed E-state index contributed by atoms with van der Waals surface area (Å²) in [5.74, 6) is 1.95. The Balaban J connectivity index is 1.34. The van der Waals surface area contributed by atoms with Gasteiger partial charge in [-0.2, -0.15) is 0 Å². The Bertz CT molecular complexity index is 1540. The van der Waals surface area contributed by atoms with Gasteiger partial charge < -0.3 is 29.9 Å². The maximum Gasteiger partial charge on any atom is 0.488 e. The number of carbonyl (C=O) groups is 1. The highest BCUT2D eigenvalue weighted by Crippen LogP contribution is 2.38. The van der Waals surface area contributed by atoms with E-state index in [1.807, 2.05) is 55.1 Å². The molecule has 11 heteroatoms. The molecule has 0 saturated heterocycles. The number of aryl methyl sites for hydroxylation is 1. The molecule has 3 heterocycles. The van der Waals surface area contributed by atoms with Crippen LogP contribution in [0, 0.1) is 6.92 Å². The molecule has 1 amide bonds. The molecule has 1 aliphatic rings. The second-order valence-electron chi connectivity index (χ2n) is 9.73. The third-order valence-corrected chi connectivity index (χ3v) is 7.63. The molecule has 0 unspecified atom stereocenters. The highest BCUT2D eigenvalue weighted by Gasteiger charge is 2.25. The highest BCUT2D eigenvalue weighted by atomic mass is 32.1. The number of aromatic nitrogens is 2. The van der Waals surface area contributed by atoms with E-state index in [1.165, 1.54) is 5.56 Å². The lowest BCUT2D eigenvalue weighted by atomic mass is 9.80. The van der Waals surface area contributed by atoms with Gasteiger partial charge in [0, 0.05) is 29.7 Å². The van der Waals surface area contributed by atoms with Crippen LogP contribution in [0.4, 0.5) is 11.5 Å². The van der Waals surface area contributed by atoms with Crippen LogP contribution in [0.1, 0.15) is 16.0 Å². The van der Waals surface area contributed by atoms with Gasteiger partial charge in [-0.15, -0.1) is 11.3 Å². The van der Waals surface area contributed by atoms with Crippen molar-refractivity contribution in [1.29, 1.82) is 0 Å². The topological polar surface area (TPSA) is 111 Å². The third-order valence-electron chi connectivity index (χ3n) is 6.50. The van der Waals surface area contributed by atoms with Crippen LogP contribution < -0.4 is 15.5 Å². The minimum Gasteiger partial charge on any atom is -0.457 e. The van der Waals surface area contributed by atoms with Crippen molar-refractivity contribution >= 4 is 51.5 Å². The Morgan fingerprint density at radius 1 is 1.23 bits per heavy atom. The molecule has 0 spiro atoms. The summed E-state index contributed by atoms with van der Waals surface area (Å²) in [7, 11) is 2.39. The number of fused-ring (bicyclic) bond motifs is 3. The normalized spacial score (nSPS) is 13.2. The maximum absolute atomic E-state index is 12.7. The summed E-state index contributed by atoms with van der Waals surface area (Å²) in [5.41, 5.74) is 3.33. The molecule has 2 aromatic carbocycles. The average molecular weight is 543 g/mol. The van der Waals surface area contributed by atoms with E-state index >= 15 is 0 Å². The Morgan fingerprint density at radius 2 is 2.08 bits per heavy atom. The fraction of sp³-hybridized carbons (Fsp3) is 0.250. The summed E-state index contributed by atoms with van der Waals surface area (Å²) >= 11 is 1.61. The van der Waals surface area contributed by atoms with Gasteiger partial charge in [0.15, 0.2) is 0 Å². The number of benzene rings is 2. The smallest absolute Gasteiger partial charge is 0.457 e. The van der Waals surface area contributed by atoms with E-state index in [2.05, 4.69) is 15.3 Å². The molecular weight excluding hydrogens is 513 g/mol. The van der Waals surface area contributed by atoms with Crippen molar-refractivity contribution < 1.29 is 19.6 Å². The van der Waals surface area contributed by atoms with Crippen molar-refractivity contribution in [2.75, 3.05) is 32.5 Å². The summed E-state index contributed by atoms with van der Waals surface area (Å²) in [6.07, 6.45) is 5.86. The van der Waals surface area contributed by atoms with E-state index < -0.39 is 7.12 Å². The van der Waals surface area contributed by atoms with E-state index in [1.54, 1.807) is 48.0 Å². The summed E-state index contributed by atoms with van der Waals surface area (Å²) in [6.45, 7) is 3.90. The number of nitrogens with one attached hydrogen (secondary N) is 1. The fourth-order valence-electron chi connectivity index (χ4n) is 4.52. The van der Waals surface area contributed by atoms with Crippen molar-refractivity contribution in [1.82, 2.24) is 19.8 Å². The number of amides is 1. The van der Waals surface area contributed by atoms with Gasteiger partial charge in [-0.25, -0.2) is 9.97 Å². The second-order valence-corrected chi connectivity index (χ2v) is 10.8. The Labute approximate surface area is 231 Å². The molecule has 5 rings (SSSR count). The predicted octanol–water partition coefficient (Wildman–Crippen LogP) is 3.22. The number of likely N-dealkylation sites (N-methyl/N-ethyl adjacent to an activating group) is 1. The van der Waals surface area contributed by atoms with E-state index in [0.717, 1.165) is 45.1 Å². The Kier molecular flexibility index (Phi) is 7.94. The summed E-state index contributed by atoms with van der Waals surface area (Å²) in [6, 6.07) is 12.5. The van der Waals surface area contributed by atoms with Crippen LogP contribution >= 0.6 is 11.3 Å². The maximum atomic E-state index is 12.7. The number of anilines is 2. The van der Waals surface area contributed by atoms with Crippen molar-refractivity contribution in [2.45, 2.75) is 19.9 Å². The second kappa shape index (κ2) is 11.5. The zero-order valence-electron chi connectivity index (χ0n) is 22.1. The number of nitrogens with zero attached hydrogens (tertiary/aromatic N) is 4. The van der Waals surface area contributed by atoms with E-state index in [9.17, 15) is 14.8 Å². The van der Waals surface area contributed by atoms with E-state index in [0.29, 0.717) is 30.1 Å². The minimum absolute atomic E-state index is 0.0291. The molecule has 1 aliphatic heterocycles. The van der Waals surface area contributed by atoms with Crippen molar-refractivity contribution in [2.24, 2.45) is 0 Å². The molecule has 0 atom stereocenters. The molecule has 0 bridgehead atoms.